The normalized spacial score (nSPS) is 17.7. The Morgan fingerprint density at radius 3 is 2.41 bits per heavy atom. The lowest BCUT2D eigenvalue weighted by atomic mass is 9.99. The average Bonchev–Trinajstić information content (AvgIpc) is 2.78. The number of alkyl halides is 3. The summed E-state index contributed by atoms with van der Waals surface area (Å²) in [5.41, 5.74) is 2.21. The van der Waals surface area contributed by atoms with E-state index in [-0.39, 0.29) is 12.1 Å². The number of nitrogens with zero attached hydrogens (tertiary/aromatic N) is 4. The third kappa shape index (κ3) is 4.43. The minimum absolute atomic E-state index is 0.234. The second kappa shape index (κ2) is 9.06. The van der Waals surface area contributed by atoms with Gasteiger partial charge in [-0.2, -0.15) is 18.3 Å². The number of piperidine rings is 1. The molecule has 0 saturated carbocycles. The van der Waals surface area contributed by atoms with E-state index >= 15 is 0 Å². The van der Waals surface area contributed by atoms with Crippen LogP contribution < -0.4 is 10.2 Å². The van der Waals surface area contributed by atoms with Crippen molar-refractivity contribution in [3.8, 4) is 0 Å². The largest absolute Gasteiger partial charge is 0.416 e. The molecule has 0 unspecified atom stereocenters. The molecule has 2 aliphatic rings. The molecule has 2 saturated heterocycles. The van der Waals surface area contributed by atoms with Crippen LogP contribution in [0.2, 0.25) is 0 Å². The second-order valence-corrected chi connectivity index (χ2v) is 9.41. The van der Waals surface area contributed by atoms with Gasteiger partial charge in [0.15, 0.2) is 5.82 Å². The van der Waals surface area contributed by atoms with Gasteiger partial charge >= 0.3 is 6.18 Å². The number of halogens is 3. The van der Waals surface area contributed by atoms with Crippen molar-refractivity contribution in [2.24, 2.45) is 0 Å². The van der Waals surface area contributed by atoms with E-state index in [0.717, 1.165) is 41.3 Å². The number of rotatable bonds is 5. The average molecular weight is 470 g/mol. The van der Waals surface area contributed by atoms with E-state index in [1.807, 2.05) is 6.92 Å². The van der Waals surface area contributed by atoms with Crippen LogP contribution in [-0.4, -0.2) is 47.3 Å². The Hall–Kier alpha value is -2.87. The fourth-order valence-electron chi connectivity index (χ4n) is 5.16. The Labute approximate surface area is 198 Å². The maximum absolute atomic E-state index is 13.3. The van der Waals surface area contributed by atoms with Gasteiger partial charge in [0.25, 0.3) is 0 Å². The summed E-state index contributed by atoms with van der Waals surface area (Å²) in [4.78, 5) is 5.01. The SMILES string of the molecule is Cc1c(CNc2nnc(C)c3ccc(N4CCC(N5CCC5)CC4)cc23)cccc1C(F)(F)F. The monoisotopic (exact) mass is 469 g/mol. The first kappa shape index (κ1) is 22.9. The fraction of sp³-hybridized carbons (Fsp3) is 0.462. The van der Waals surface area contributed by atoms with Crippen LogP contribution in [0, 0.1) is 13.8 Å². The lowest BCUT2D eigenvalue weighted by Gasteiger charge is -2.43. The first-order valence-corrected chi connectivity index (χ1v) is 12.0. The van der Waals surface area contributed by atoms with Crippen LogP contribution >= 0.6 is 0 Å². The number of likely N-dealkylation sites (tertiary alicyclic amines) is 1. The minimum Gasteiger partial charge on any atom is -0.371 e. The highest BCUT2D eigenvalue weighted by molar-refractivity contribution is 5.95. The van der Waals surface area contributed by atoms with Crippen molar-refractivity contribution in [2.45, 2.75) is 51.9 Å². The number of hydrogen-bond donors (Lipinski definition) is 1. The number of anilines is 2. The van der Waals surface area contributed by atoms with Gasteiger partial charge < -0.3 is 15.1 Å². The molecular weight excluding hydrogens is 439 g/mol. The van der Waals surface area contributed by atoms with Crippen LogP contribution in [0.25, 0.3) is 10.8 Å². The van der Waals surface area contributed by atoms with Crippen molar-refractivity contribution < 1.29 is 13.2 Å². The molecule has 3 aromatic rings. The molecule has 0 bridgehead atoms. The van der Waals surface area contributed by atoms with Gasteiger partial charge in [0.05, 0.1) is 11.3 Å². The molecule has 0 spiro atoms. The topological polar surface area (TPSA) is 44.3 Å². The van der Waals surface area contributed by atoms with E-state index in [1.165, 1.54) is 45.3 Å². The highest BCUT2D eigenvalue weighted by Gasteiger charge is 2.33. The smallest absolute Gasteiger partial charge is 0.371 e. The van der Waals surface area contributed by atoms with E-state index in [1.54, 1.807) is 6.07 Å². The Morgan fingerprint density at radius 2 is 1.74 bits per heavy atom. The molecule has 2 aliphatic heterocycles. The van der Waals surface area contributed by atoms with E-state index in [0.29, 0.717) is 17.4 Å². The summed E-state index contributed by atoms with van der Waals surface area (Å²) in [5.74, 6) is 0.592. The minimum atomic E-state index is -4.37. The van der Waals surface area contributed by atoms with Crippen molar-refractivity contribution in [2.75, 3.05) is 36.4 Å². The first-order chi connectivity index (χ1) is 16.3. The summed E-state index contributed by atoms with van der Waals surface area (Å²) >= 11 is 0. The Balaban J connectivity index is 1.37. The summed E-state index contributed by atoms with van der Waals surface area (Å²) in [7, 11) is 0. The van der Waals surface area contributed by atoms with Crippen LogP contribution in [0.1, 0.15) is 41.6 Å². The third-order valence-electron chi connectivity index (χ3n) is 7.38. The summed E-state index contributed by atoms with van der Waals surface area (Å²) in [5, 5.41) is 13.8. The molecule has 34 heavy (non-hydrogen) atoms. The highest BCUT2D eigenvalue weighted by atomic mass is 19.4. The maximum atomic E-state index is 13.3. The number of nitrogens with one attached hydrogen (secondary N) is 1. The summed E-state index contributed by atoms with van der Waals surface area (Å²) < 4.78 is 39.9. The van der Waals surface area contributed by atoms with E-state index in [9.17, 15) is 13.2 Å². The molecule has 2 aromatic carbocycles. The summed E-state index contributed by atoms with van der Waals surface area (Å²) in [6, 6.07) is 11.4. The van der Waals surface area contributed by atoms with E-state index in [2.05, 4.69) is 43.5 Å². The van der Waals surface area contributed by atoms with Crippen LogP contribution in [0.5, 0.6) is 0 Å². The van der Waals surface area contributed by atoms with Gasteiger partial charge in [-0.1, -0.05) is 18.2 Å². The molecule has 3 heterocycles. The number of aryl methyl sites for hydroxylation is 1. The van der Waals surface area contributed by atoms with Crippen molar-refractivity contribution in [1.29, 1.82) is 0 Å². The Morgan fingerprint density at radius 1 is 0.971 bits per heavy atom. The molecular formula is C26H30F3N5. The van der Waals surface area contributed by atoms with Crippen LogP contribution in [0.4, 0.5) is 24.7 Å². The first-order valence-electron chi connectivity index (χ1n) is 12.0. The highest BCUT2D eigenvalue weighted by Crippen LogP contribution is 2.34. The molecule has 1 aromatic heterocycles. The fourth-order valence-corrected chi connectivity index (χ4v) is 5.16. The van der Waals surface area contributed by atoms with Gasteiger partial charge in [-0.05, 0) is 75.5 Å². The zero-order chi connectivity index (χ0) is 23.9. The van der Waals surface area contributed by atoms with Crippen LogP contribution in [-0.2, 0) is 12.7 Å². The summed E-state index contributed by atoms with van der Waals surface area (Å²) in [6.07, 6.45) is -0.702. The number of aromatic nitrogens is 2. The van der Waals surface area contributed by atoms with Crippen molar-refractivity contribution >= 4 is 22.3 Å². The zero-order valence-electron chi connectivity index (χ0n) is 19.6. The molecule has 0 atom stereocenters. The number of fused-ring (bicyclic) bond motifs is 1. The van der Waals surface area contributed by atoms with Gasteiger partial charge in [-0.15, -0.1) is 5.10 Å². The number of hydrogen-bond acceptors (Lipinski definition) is 5. The molecule has 8 heteroatoms. The standard InChI is InChI=1S/C26H30F3N5/c1-17-19(5-3-6-24(17)26(27,28)29)16-30-25-23-15-21(7-8-22(23)18(2)31-32-25)34-13-9-20(10-14-34)33-11-4-12-33/h3,5-8,15,20H,4,9-14,16H2,1-2H3,(H,30,32). The van der Waals surface area contributed by atoms with Gasteiger partial charge in [-0.3, -0.25) is 0 Å². The molecule has 5 rings (SSSR count). The molecule has 0 radical (unpaired) electrons. The second-order valence-electron chi connectivity index (χ2n) is 9.41. The van der Waals surface area contributed by atoms with Crippen LogP contribution in [0.3, 0.4) is 0 Å². The van der Waals surface area contributed by atoms with Crippen LogP contribution in [0.15, 0.2) is 36.4 Å². The summed E-state index contributed by atoms with van der Waals surface area (Å²) in [6.45, 7) is 8.20. The van der Waals surface area contributed by atoms with Gasteiger partial charge in [-0.25, -0.2) is 0 Å². The lowest BCUT2D eigenvalue weighted by Crippen LogP contribution is -2.50. The Kier molecular flexibility index (Phi) is 6.10. The molecule has 0 aliphatic carbocycles. The Bertz CT molecular complexity index is 1180. The number of benzene rings is 2. The third-order valence-corrected chi connectivity index (χ3v) is 7.38. The predicted octanol–water partition coefficient (Wildman–Crippen LogP) is 5.55. The van der Waals surface area contributed by atoms with Gasteiger partial charge in [0.1, 0.15) is 0 Å². The van der Waals surface area contributed by atoms with Crippen molar-refractivity contribution in [1.82, 2.24) is 15.1 Å². The maximum Gasteiger partial charge on any atom is 0.416 e. The lowest BCUT2D eigenvalue weighted by molar-refractivity contribution is -0.138. The van der Waals surface area contributed by atoms with E-state index < -0.39 is 11.7 Å². The zero-order valence-corrected chi connectivity index (χ0v) is 19.6. The van der Waals surface area contributed by atoms with Crippen molar-refractivity contribution in [3.05, 3.63) is 58.8 Å². The van der Waals surface area contributed by atoms with E-state index in [4.69, 9.17) is 0 Å². The molecule has 2 fully saturated rings. The quantitative estimate of drug-likeness (QED) is 0.531. The molecule has 180 valence electrons. The van der Waals surface area contributed by atoms with Crippen molar-refractivity contribution in [3.63, 3.8) is 0 Å². The molecule has 1 N–H and O–H groups in total. The van der Waals surface area contributed by atoms with Gasteiger partial charge in [0, 0.05) is 42.1 Å². The predicted molar refractivity (Wildman–Crippen MR) is 129 cm³/mol. The molecule has 5 nitrogen and oxygen atoms in total. The molecule has 0 amide bonds. The van der Waals surface area contributed by atoms with Gasteiger partial charge in [0.2, 0.25) is 0 Å².